The maximum Gasteiger partial charge on any atom is 0.185 e. The lowest BCUT2D eigenvalue weighted by molar-refractivity contribution is -0.113. The molecule has 1 saturated carbocycles. The molecule has 30 heavy (non-hydrogen) atoms. The number of benzene rings is 2. The third kappa shape index (κ3) is 6.29. The van der Waals surface area contributed by atoms with Gasteiger partial charge in [0.05, 0.1) is 0 Å². The van der Waals surface area contributed by atoms with Crippen LogP contribution in [-0.4, -0.2) is 5.78 Å². The van der Waals surface area contributed by atoms with Gasteiger partial charge in [0.15, 0.2) is 5.78 Å². The Labute approximate surface area is 182 Å². The van der Waals surface area contributed by atoms with Crippen molar-refractivity contribution in [3.8, 4) is 0 Å². The highest BCUT2D eigenvalue weighted by molar-refractivity contribution is 6.14. The van der Waals surface area contributed by atoms with Gasteiger partial charge in [-0.25, -0.2) is 0 Å². The number of carbonyl (C=O) groups excluding carboxylic acids is 1. The van der Waals surface area contributed by atoms with Crippen LogP contribution in [0.1, 0.15) is 69.7 Å². The average Bonchev–Trinajstić information content (AvgIpc) is 2.67. The van der Waals surface area contributed by atoms with Gasteiger partial charge in [-0.1, -0.05) is 83.1 Å². The van der Waals surface area contributed by atoms with Gasteiger partial charge in [0, 0.05) is 11.1 Å². The van der Waals surface area contributed by atoms with Crippen molar-refractivity contribution in [3.05, 3.63) is 81.9 Å². The molecule has 0 saturated heterocycles. The first kappa shape index (κ1) is 22.3. The molecule has 0 spiro atoms. The standard InChI is InChI=1S/C29H36O/c1-20(2)14-23-6-10-25(11-7-23)18-27-16-22(5)17-28(29(27)30)19-26-12-8-24(9-13-26)15-21(3)4/h6-13,18-22H,14-17H2,1-5H3/b27-18+,28-19+. The van der Waals surface area contributed by atoms with Crippen molar-refractivity contribution in [2.45, 2.75) is 60.3 Å². The Hall–Kier alpha value is -2.41. The molecule has 0 atom stereocenters. The molecule has 158 valence electrons. The van der Waals surface area contributed by atoms with Crippen LogP contribution in [-0.2, 0) is 17.6 Å². The van der Waals surface area contributed by atoms with E-state index in [1.54, 1.807) is 0 Å². The zero-order chi connectivity index (χ0) is 21.7. The van der Waals surface area contributed by atoms with E-state index in [2.05, 4.69) is 95.3 Å². The fourth-order valence-electron chi connectivity index (χ4n) is 4.31. The Kier molecular flexibility index (Phi) is 7.48. The minimum atomic E-state index is 0.214. The average molecular weight is 401 g/mol. The van der Waals surface area contributed by atoms with E-state index in [4.69, 9.17) is 0 Å². The SMILES string of the molecule is CC(C)Cc1ccc(/C=C2\CC(C)C/C(=C\c3ccc(CC(C)C)cc3)C2=O)cc1. The normalized spacial score (nSPS) is 20.0. The molecular formula is C29H36O. The van der Waals surface area contributed by atoms with Gasteiger partial charge in [-0.2, -0.15) is 0 Å². The van der Waals surface area contributed by atoms with Crippen molar-refractivity contribution in [1.29, 1.82) is 0 Å². The topological polar surface area (TPSA) is 17.1 Å². The molecule has 3 rings (SSSR count). The monoisotopic (exact) mass is 400 g/mol. The number of hydrogen-bond acceptors (Lipinski definition) is 1. The fraction of sp³-hybridized carbons (Fsp3) is 0.414. The zero-order valence-corrected chi connectivity index (χ0v) is 19.2. The molecule has 0 unspecified atom stereocenters. The number of rotatable bonds is 6. The van der Waals surface area contributed by atoms with Crippen molar-refractivity contribution < 1.29 is 4.79 Å². The Bertz CT molecular complexity index is 832. The van der Waals surface area contributed by atoms with Gasteiger partial charge in [0.2, 0.25) is 0 Å². The van der Waals surface area contributed by atoms with Gasteiger partial charge in [-0.15, -0.1) is 0 Å². The summed E-state index contributed by atoms with van der Waals surface area (Å²) in [6.45, 7) is 11.2. The smallest absolute Gasteiger partial charge is 0.185 e. The number of carbonyl (C=O) groups is 1. The number of ketones is 1. The lowest BCUT2D eigenvalue weighted by Gasteiger charge is -2.22. The van der Waals surface area contributed by atoms with Gasteiger partial charge >= 0.3 is 0 Å². The van der Waals surface area contributed by atoms with E-state index in [0.717, 1.165) is 48.0 Å². The predicted octanol–water partition coefficient (Wildman–Crippen LogP) is 7.55. The van der Waals surface area contributed by atoms with Crippen LogP contribution in [0.3, 0.4) is 0 Å². The van der Waals surface area contributed by atoms with Crippen molar-refractivity contribution in [1.82, 2.24) is 0 Å². The van der Waals surface area contributed by atoms with Crippen molar-refractivity contribution in [2.24, 2.45) is 17.8 Å². The largest absolute Gasteiger partial charge is 0.289 e. The third-order valence-electron chi connectivity index (χ3n) is 5.65. The van der Waals surface area contributed by atoms with Crippen molar-refractivity contribution >= 4 is 17.9 Å². The summed E-state index contributed by atoms with van der Waals surface area (Å²) in [7, 11) is 0. The molecule has 2 aromatic rings. The van der Waals surface area contributed by atoms with Crippen LogP contribution in [0.25, 0.3) is 12.2 Å². The number of hydrogen-bond donors (Lipinski definition) is 0. The van der Waals surface area contributed by atoms with Crippen LogP contribution >= 0.6 is 0 Å². The van der Waals surface area contributed by atoms with E-state index >= 15 is 0 Å². The van der Waals surface area contributed by atoms with Crippen molar-refractivity contribution in [2.75, 3.05) is 0 Å². The predicted molar refractivity (Wildman–Crippen MR) is 129 cm³/mol. The van der Waals surface area contributed by atoms with Crippen LogP contribution in [0.2, 0.25) is 0 Å². The Morgan fingerprint density at radius 3 is 1.43 bits per heavy atom. The maximum absolute atomic E-state index is 13.2. The maximum atomic E-state index is 13.2. The second kappa shape index (κ2) is 10.1. The van der Waals surface area contributed by atoms with Crippen LogP contribution in [0.4, 0.5) is 0 Å². The molecular weight excluding hydrogens is 364 g/mol. The van der Waals surface area contributed by atoms with E-state index in [9.17, 15) is 4.79 Å². The van der Waals surface area contributed by atoms with Gasteiger partial charge in [0.25, 0.3) is 0 Å². The summed E-state index contributed by atoms with van der Waals surface area (Å²) in [5.74, 6) is 2.01. The molecule has 1 fully saturated rings. The van der Waals surface area contributed by atoms with Gasteiger partial charge in [0.1, 0.15) is 0 Å². The van der Waals surface area contributed by atoms with Crippen molar-refractivity contribution in [3.63, 3.8) is 0 Å². The van der Waals surface area contributed by atoms with Gasteiger partial charge < -0.3 is 0 Å². The first-order chi connectivity index (χ1) is 14.3. The molecule has 0 heterocycles. The molecule has 1 aliphatic carbocycles. The Balaban J connectivity index is 1.79. The summed E-state index contributed by atoms with van der Waals surface area (Å²) in [6, 6.07) is 17.4. The lowest BCUT2D eigenvalue weighted by atomic mass is 9.80. The molecule has 0 amide bonds. The van der Waals surface area contributed by atoms with E-state index < -0.39 is 0 Å². The molecule has 0 radical (unpaired) electrons. The molecule has 0 N–H and O–H groups in total. The molecule has 1 heteroatoms. The number of Topliss-reactive ketones (excluding diaryl/α,β-unsaturated/α-hetero) is 1. The molecule has 2 aromatic carbocycles. The minimum Gasteiger partial charge on any atom is -0.289 e. The van der Waals surface area contributed by atoms with E-state index in [0.29, 0.717) is 17.8 Å². The third-order valence-corrected chi connectivity index (χ3v) is 5.65. The van der Waals surface area contributed by atoms with Crippen LogP contribution in [0.15, 0.2) is 59.7 Å². The summed E-state index contributed by atoms with van der Waals surface area (Å²) >= 11 is 0. The van der Waals surface area contributed by atoms with Gasteiger partial charge in [-0.05, 0) is 77.8 Å². The summed E-state index contributed by atoms with van der Waals surface area (Å²) in [6.07, 6.45) is 8.09. The second-order valence-electron chi connectivity index (χ2n) is 9.86. The highest BCUT2D eigenvalue weighted by Crippen LogP contribution is 2.32. The molecule has 0 bridgehead atoms. The summed E-state index contributed by atoms with van der Waals surface area (Å²) in [4.78, 5) is 13.2. The highest BCUT2D eigenvalue weighted by Gasteiger charge is 2.25. The molecule has 1 nitrogen and oxygen atoms in total. The number of allylic oxidation sites excluding steroid dienone is 2. The highest BCUT2D eigenvalue weighted by atomic mass is 16.1. The van der Waals surface area contributed by atoms with Crippen LogP contribution in [0.5, 0.6) is 0 Å². The lowest BCUT2D eigenvalue weighted by Crippen LogP contribution is -2.18. The van der Waals surface area contributed by atoms with E-state index in [1.165, 1.54) is 11.1 Å². The van der Waals surface area contributed by atoms with Crippen LogP contribution in [0, 0.1) is 17.8 Å². The zero-order valence-electron chi connectivity index (χ0n) is 19.2. The molecule has 0 aromatic heterocycles. The van der Waals surface area contributed by atoms with Gasteiger partial charge in [-0.3, -0.25) is 4.79 Å². The van der Waals surface area contributed by atoms with Crippen LogP contribution < -0.4 is 0 Å². The molecule has 1 aliphatic rings. The van der Waals surface area contributed by atoms with E-state index in [-0.39, 0.29) is 5.78 Å². The second-order valence-corrected chi connectivity index (χ2v) is 9.86. The van der Waals surface area contributed by atoms with E-state index in [1.807, 2.05) is 0 Å². The first-order valence-corrected chi connectivity index (χ1v) is 11.4. The summed E-state index contributed by atoms with van der Waals surface area (Å²) < 4.78 is 0. The quantitative estimate of drug-likeness (QED) is 0.457. The minimum absolute atomic E-state index is 0.214. The summed E-state index contributed by atoms with van der Waals surface area (Å²) in [5.41, 5.74) is 6.84. The fourth-order valence-corrected chi connectivity index (χ4v) is 4.31. The Morgan fingerprint density at radius 2 is 1.10 bits per heavy atom. The molecule has 0 aliphatic heterocycles. The summed E-state index contributed by atoms with van der Waals surface area (Å²) in [5, 5.41) is 0. The first-order valence-electron chi connectivity index (χ1n) is 11.4. The Morgan fingerprint density at radius 1 is 0.733 bits per heavy atom.